The van der Waals surface area contributed by atoms with E-state index < -0.39 is 0 Å². The minimum Gasteiger partial charge on any atom is -0.399 e. The van der Waals surface area contributed by atoms with Gasteiger partial charge < -0.3 is 11.1 Å². The molecule has 102 valence electrons. The molecule has 2 rings (SSSR count). The topological polar surface area (TPSA) is 96.7 Å². The maximum absolute atomic E-state index is 12.2. The van der Waals surface area contributed by atoms with Crippen molar-refractivity contribution in [1.82, 2.24) is 9.78 Å². The number of rotatable bonds is 3. The molecule has 1 amide bonds. The van der Waals surface area contributed by atoms with Crippen LogP contribution in [0.4, 0.5) is 11.4 Å². The van der Waals surface area contributed by atoms with Crippen LogP contribution in [0.2, 0.25) is 0 Å². The van der Waals surface area contributed by atoms with Crippen molar-refractivity contribution in [3.63, 3.8) is 0 Å². The Balaban J connectivity index is 2.30. The van der Waals surface area contributed by atoms with Crippen molar-refractivity contribution < 1.29 is 4.79 Å². The number of aryl methyl sites for hydroxylation is 2. The Bertz CT molecular complexity index is 696. The number of nitrogens with two attached hydrogens (primary N) is 1. The van der Waals surface area contributed by atoms with E-state index in [1.54, 1.807) is 22.9 Å². The van der Waals surface area contributed by atoms with E-state index in [2.05, 4.69) is 10.4 Å². The molecule has 2 aromatic rings. The maximum Gasteiger partial charge on any atom is 0.273 e. The summed E-state index contributed by atoms with van der Waals surface area (Å²) in [5.74, 6) is -0.297. The van der Waals surface area contributed by atoms with Crippen LogP contribution in [0.15, 0.2) is 24.3 Å². The van der Waals surface area contributed by atoms with Gasteiger partial charge in [0.2, 0.25) is 0 Å². The minimum atomic E-state index is -0.297. The molecule has 0 saturated carbocycles. The number of carbonyl (C=O) groups is 1. The van der Waals surface area contributed by atoms with Gasteiger partial charge in [0, 0.05) is 12.2 Å². The van der Waals surface area contributed by atoms with Crippen LogP contribution in [0.1, 0.15) is 28.7 Å². The number of nitrogens with zero attached hydrogens (tertiary/aromatic N) is 3. The number of hydrogen-bond acceptors (Lipinski definition) is 4. The molecular formula is C14H15N5O. The number of nitriles is 1. The SMILES string of the molecule is CCn1nc(C)cc1C(=O)Nc1ccc(N)cc1C#N. The van der Waals surface area contributed by atoms with Gasteiger partial charge in [-0.05, 0) is 38.1 Å². The van der Waals surface area contributed by atoms with E-state index in [1.807, 2.05) is 19.9 Å². The van der Waals surface area contributed by atoms with Gasteiger partial charge in [0.25, 0.3) is 5.91 Å². The molecule has 1 aromatic carbocycles. The highest BCUT2D eigenvalue weighted by Crippen LogP contribution is 2.19. The van der Waals surface area contributed by atoms with Gasteiger partial charge in [-0.3, -0.25) is 9.48 Å². The molecule has 0 radical (unpaired) electrons. The molecule has 0 aliphatic heterocycles. The van der Waals surface area contributed by atoms with Crippen LogP contribution in [0.25, 0.3) is 0 Å². The lowest BCUT2D eigenvalue weighted by Crippen LogP contribution is -2.18. The zero-order valence-corrected chi connectivity index (χ0v) is 11.3. The van der Waals surface area contributed by atoms with Gasteiger partial charge in [-0.15, -0.1) is 0 Å². The highest BCUT2D eigenvalue weighted by Gasteiger charge is 2.14. The van der Waals surface area contributed by atoms with E-state index in [4.69, 9.17) is 11.0 Å². The fourth-order valence-electron chi connectivity index (χ4n) is 1.92. The van der Waals surface area contributed by atoms with Crippen molar-refractivity contribution in [2.75, 3.05) is 11.1 Å². The van der Waals surface area contributed by atoms with Gasteiger partial charge in [-0.25, -0.2) is 0 Å². The van der Waals surface area contributed by atoms with Crippen LogP contribution in [0, 0.1) is 18.3 Å². The first-order chi connectivity index (χ1) is 9.55. The van der Waals surface area contributed by atoms with Gasteiger partial charge in [0.05, 0.1) is 16.9 Å². The molecule has 0 aliphatic carbocycles. The van der Waals surface area contributed by atoms with E-state index in [1.165, 1.54) is 6.07 Å². The lowest BCUT2D eigenvalue weighted by Gasteiger charge is -2.08. The van der Waals surface area contributed by atoms with Gasteiger partial charge in [0.15, 0.2) is 0 Å². The average molecular weight is 269 g/mol. The third kappa shape index (κ3) is 2.62. The second-order valence-corrected chi connectivity index (χ2v) is 4.36. The van der Waals surface area contributed by atoms with E-state index in [0.29, 0.717) is 29.2 Å². The van der Waals surface area contributed by atoms with Crippen LogP contribution in [0.5, 0.6) is 0 Å². The minimum absolute atomic E-state index is 0.297. The van der Waals surface area contributed by atoms with E-state index in [9.17, 15) is 4.79 Å². The van der Waals surface area contributed by atoms with Gasteiger partial charge in [-0.2, -0.15) is 10.4 Å². The highest BCUT2D eigenvalue weighted by atomic mass is 16.2. The lowest BCUT2D eigenvalue weighted by atomic mass is 10.1. The largest absolute Gasteiger partial charge is 0.399 e. The Hall–Kier alpha value is -2.81. The molecule has 0 unspecified atom stereocenters. The summed E-state index contributed by atoms with van der Waals surface area (Å²) in [4.78, 5) is 12.2. The first kappa shape index (κ1) is 13.6. The first-order valence-corrected chi connectivity index (χ1v) is 6.20. The van der Waals surface area contributed by atoms with Crippen molar-refractivity contribution in [2.45, 2.75) is 20.4 Å². The van der Waals surface area contributed by atoms with Crippen LogP contribution in [-0.2, 0) is 6.54 Å². The third-order valence-electron chi connectivity index (χ3n) is 2.85. The highest BCUT2D eigenvalue weighted by molar-refractivity contribution is 6.04. The number of aromatic nitrogens is 2. The summed E-state index contributed by atoms with van der Waals surface area (Å²) in [6.45, 7) is 4.34. The van der Waals surface area contributed by atoms with Crippen LogP contribution in [0.3, 0.4) is 0 Å². The van der Waals surface area contributed by atoms with E-state index >= 15 is 0 Å². The van der Waals surface area contributed by atoms with E-state index in [0.717, 1.165) is 5.69 Å². The quantitative estimate of drug-likeness (QED) is 0.832. The molecule has 0 bridgehead atoms. The molecule has 6 heteroatoms. The molecule has 0 spiro atoms. The van der Waals surface area contributed by atoms with Crippen LogP contribution < -0.4 is 11.1 Å². The Morgan fingerprint density at radius 1 is 1.50 bits per heavy atom. The van der Waals surface area contributed by atoms with Crippen molar-refractivity contribution >= 4 is 17.3 Å². The molecule has 6 nitrogen and oxygen atoms in total. The van der Waals surface area contributed by atoms with Gasteiger partial charge in [0.1, 0.15) is 11.8 Å². The van der Waals surface area contributed by atoms with Crippen molar-refractivity contribution in [2.24, 2.45) is 0 Å². The number of hydrogen-bond donors (Lipinski definition) is 2. The summed E-state index contributed by atoms with van der Waals surface area (Å²) in [5.41, 5.74) is 8.10. The first-order valence-electron chi connectivity index (χ1n) is 6.20. The van der Waals surface area contributed by atoms with Crippen molar-refractivity contribution in [3.8, 4) is 6.07 Å². The van der Waals surface area contributed by atoms with Crippen molar-refractivity contribution in [1.29, 1.82) is 5.26 Å². The Morgan fingerprint density at radius 2 is 2.25 bits per heavy atom. The predicted molar refractivity (Wildman–Crippen MR) is 76.2 cm³/mol. The fourth-order valence-corrected chi connectivity index (χ4v) is 1.92. The number of anilines is 2. The maximum atomic E-state index is 12.2. The number of amides is 1. The van der Waals surface area contributed by atoms with E-state index in [-0.39, 0.29) is 5.91 Å². The summed E-state index contributed by atoms with van der Waals surface area (Å²) in [7, 11) is 0. The Morgan fingerprint density at radius 3 is 2.90 bits per heavy atom. The molecule has 0 fully saturated rings. The normalized spacial score (nSPS) is 10.1. The molecule has 0 atom stereocenters. The summed E-state index contributed by atoms with van der Waals surface area (Å²) in [6, 6.07) is 8.50. The molecule has 3 N–H and O–H groups in total. The average Bonchev–Trinajstić information content (AvgIpc) is 2.82. The zero-order valence-electron chi connectivity index (χ0n) is 11.3. The Kier molecular flexibility index (Phi) is 3.71. The summed E-state index contributed by atoms with van der Waals surface area (Å²) in [6.07, 6.45) is 0. The third-order valence-corrected chi connectivity index (χ3v) is 2.85. The zero-order chi connectivity index (χ0) is 14.7. The predicted octanol–water partition coefficient (Wildman–Crippen LogP) is 1.92. The number of nitrogens with one attached hydrogen (secondary N) is 1. The standard InChI is InChI=1S/C14H15N5O/c1-3-19-13(6-9(2)18-19)14(20)17-12-5-4-11(16)7-10(12)8-15/h4-7H,3,16H2,1-2H3,(H,17,20). The van der Waals surface area contributed by atoms with Crippen LogP contribution in [-0.4, -0.2) is 15.7 Å². The molecule has 1 heterocycles. The summed E-state index contributed by atoms with van der Waals surface area (Å²) < 4.78 is 1.62. The molecule has 20 heavy (non-hydrogen) atoms. The second kappa shape index (κ2) is 5.45. The summed E-state index contributed by atoms with van der Waals surface area (Å²) >= 11 is 0. The van der Waals surface area contributed by atoms with Gasteiger partial charge >= 0.3 is 0 Å². The monoisotopic (exact) mass is 269 g/mol. The summed E-state index contributed by atoms with van der Waals surface area (Å²) in [5, 5.41) is 16.0. The number of benzene rings is 1. The smallest absolute Gasteiger partial charge is 0.273 e. The number of nitrogen functional groups attached to an aromatic ring is 1. The van der Waals surface area contributed by atoms with Crippen LogP contribution >= 0.6 is 0 Å². The van der Waals surface area contributed by atoms with Gasteiger partial charge in [-0.1, -0.05) is 0 Å². The fraction of sp³-hybridized carbons (Fsp3) is 0.214. The Labute approximate surface area is 116 Å². The number of carbonyl (C=O) groups excluding carboxylic acids is 1. The molecule has 0 aliphatic rings. The molecule has 0 saturated heterocycles. The molecular weight excluding hydrogens is 254 g/mol. The lowest BCUT2D eigenvalue weighted by molar-refractivity contribution is 0.101. The second-order valence-electron chi connectivity index (χ2n) is 4.36. The molecule has 1 aromatic heterocycles. The van der Waals surface area contributed by atoms with Crippen molar-refractivity contribution in [3.05, 3.63) is 41.2 Å².